The van der Waals surface area contributed by atoms with E-state index < -0.39 is 46.4 Å². The zero-order chi connectivity index (χ0) is 20.7. The van der Waals surface area contributed by atoms with Gasteiger partial charge in [0.25, 0.3) is 0 Å². The molecule has 0 radical (unpaired) electrons. The first-order chi connectivity index (χ1) is 13.0. The molecular formula is C18H14ClF3INO3S. The highest BCUT2D eigenvalue weighted by Gasteiger charge is 2.38. The number of alkyl halides is 3. The molecule has 0 fully saturated rings. The Bertz CT molecular complexity index is 1080. The SMILES string of the molecule is COc1ccc(C2=IC(C(F)(F)F)=CC2c2ccc(S(N)(=O)=O)cc2)cc1Cl. The molecule has 0 aromatic heterocycles. The molecule has 1 aliphatic heterocycles. The number of rotatable bonds is 4. The molecule has 3 rings (SSSR count). The third kappa shape index (κ3) is 4.42. The van der Waals surface area contributed by atoms with Crippen molar-refractivity contribution in [2.45, 2.75) is 17.0 Å². The molecule has 2 aromatic rings. The minimum atomic E-state index is -4.41. The van der Waals surface area contributed by atoms with E-state index in [-0.39, 0.29) is 4.90 Å². The molecule has 1 aliphatic rings. The predicted molar refractivity (Wildman–Crippen MR) is 111 cm³/mol. The van der Waals surface area contributed by atoms with Crippen LogP contribution in [0.25, 0.3) is 0 Å². The van der Waals surface area contributed by atoms with Gasteiger partial charge in [0.2, 0.25) is 10.0 Å². The number of nitrogens with two attached hydrogens (primary N) is 1. The van der Waals surface area contributed by atoms with Crippen molar-refractivity contribution in [1.82, 2.24) is 0 Å². The van der Waals surface area contributed by atoms with Crippen molar-refractivity contribution < 1.29 is 26.3 Å². The van der Waals surface area contributed by atoms with E-state index in [1.807, 2.05) is 0 Å². The topological polar surface area (TPSA) is 69.4 Å². The number of sulfonamides is 1. The predicted octanol–water partition coefficient (Wildman–Crippen LogP) is 4.73. The molecule has 0 saturated heterocycles. The van der Waals surface area contributed by atoms with Crippen molar-refractivity contribution in [3.63, 3.8) is 0 Å². The van der Waals surface area contributed by atoms with Crippen molar-refractivity contribution in [2.75, 3.05) is 7.11 Å². The van der Waals surface area contributed by atoms with E-state index in [9.17, 15) is 21.6 Å². The van der Waals surface area contributed by atoms with Gasteiger partial charge in [-0.05, 0) is 35.4 Å². The third-order valence-corrected chi connectivity index (χ3v) is 8.71. The van der Waals surface area contributed by atoms with Crippen molar-refractivity contribution in [2.24, 2.45) is 5.14 Å². The molecule has 0 saturated carbocycles. The Kier molecular flexibility index (Phi) is 5.91. The van der Waals surface area contributed by atoms with Crippen molar-refractivity contribution >= 4 is 45.9 Å². The summed E-state index contributed by atoms with van der Waals surface area (Å²) >= 11 is 4.68. The Balaban J connectivity index is 2.08. The van der Waals surface area contributed by atoms with Gasteiger partial charge >= 0.3 is 6.18 Å². The second-order valence-electron chi connectivity index (χ2n) is 5.90. The van der Waals surface area contributed by atoms with E-state index in [1.165, 1.54) is 37.5 Å². The summed E-state index contributed by atoms with van der Waals surface area (Å²) in [5.74, 6) is -0.191. The number of ether oxygens (including phenoxy) is 1. The maximum atomic E-state index is 13.4. The zero-order valence-corrected chi connectivity index (χ0v) is 18.0. The monoisotopic (exact) mass is 543 g/mol. The number of hydrogen-bond acceptors (Lipinski definition) is 3. The lowest BCUT2D eigenvalue weighted by atomic mass is 9.91. The van der Waals surface area contributed by atoms with Gasteiger partial charge in [0, 0.05) is 9.43 Å². The molecule has 1 atom stereocenters. The van der Waals surface area contributed by atoms with Crippen LogP contribution in [0.4, 0.5) is 13.2 Å². The fraction of sp³-hybridized carbons (Fsp3) is 0.167. The summed E-state index contributed by atoms with van der Waals surface area (Å²) in [6.45, 7) is 0. The van der Waals surface area contributed by atoms with E-state index in [0.717, 1.165) is 0 Å². The number of methoxy groups -OCH3 is 1. The van der Waals surface area contributed by atoms with Gasteiger partial charge in [0.15, 0.2) is 0 Å². The molecule has 150 valence electrons. The highest BCUT2D eigenvalue weighted by Crippen LogP contribution is 2.46. The standard InChI is InChI=1S/C18H14ClF3INO3S/c1-27-15-7-4-11(8-14(15)19)17-13(9-16(23-17)18(20,21)22)10-2-5-12(6-3-10)28(24,25)26/h2-9,13H,1H3,(H2,24,25,26). The zero-order valence-electron chi connectivity index (χ0n) is 14.3. The maximum Gasteiger partial charge on any atom is 0.421 e. The minimum absolute atomic E-state index is 0.0991. The minimum Gasteiger partial charge on any atom is -0.495 e. The van der Waals surface area contributed by atoms with Crippen LogP contribution in [0, 0.1) is 0 Å². The molecule has 2 aromatic carbocycles. The smallest absolute Gasteiger partial charge is 0.421 e. The first-order valence-electron chi connectivity index (χ1n) is 7.78. The van der Waals surface area contributed by atoms with Crippen LogP contribution in [0.2, 0.25) is 5.02 Å². The fourth-order valence-corrected chi connectivity index (χ4v) is 6.49. The molecule has 4 nitrogen and oxygen atoms in total. The van der Waals surface area contributed by atoms with Crippen molar-refractivity contribution in [3.8, 4) is 5.75 Å². The number of hydrogen-bond donors (Lipinski definition) is 1. The third-order valence-electron chi connectivity index (χ3n) is 4.06. The largest absolute Gasteiger partial charge is 0.495 e. The van der Waals surface area contributed by atoms with E-state index in [1.54, 1.807) is 18.2 Å². The van der Waals surface area contributed by atoms with Gasteiger partial charge in [0.1, 0.15) is 5.75 Å². The number of primary sulfonamides is 1. The van der Waals surface area contributed by atoms with Gasteiger partial charge in [-0.1, -0.05) is 56.6 Å². The van der Waals surface area contributed by atoms with Gasteiger partial charge in [0.05, 0.1) is 20.6 Å². The van der Waals surface area contributed by atoms with Gasteiger partial charge in [-0.15, -0.1) is 0 Å². The van der Waals surface area contributed by atoms with Crippen molar-refractivity contribution in [1.29, 1.82) is 0 Å². The summed E-state index contributed by atoms with van der Waals surface area (Å²) < 4.78 is 68.1. The van der Waals surface area contributed by atoms with Crippen LogP contribution in [-0.4, -0.2) is 25.2 Å². The molecule has 0 spiro atoms. The van der Waals surface area contributed by atoms with Crippen molar-refractivity contribution in [3.05, 3.63) is 68.3 Å². The van der Waals surface area contributed by atoms with Crippen LogP contribution in [0.3, 0.4) is 0 Å². The second kappa shape index (κ2) is 7.77. The summed E-state index contributed by atoms with van der Waals surface area (Å²) in [7, 11) is -2.43. The molecule has 10 heteroatoms. The lowest BCUT2D eigenvalue weighted by molar-refractivity contribution is -0.0819. The van der Waals surface area contributed by atoms with Crippen LogP contribution in [0.1, 0.15) is 17.0 Å². The average Bonchev–Trinajstić information content (AvgIpc) is 3.07. The molecule has 28 heavy (non-hydrogen) atoms. The van der Waals surface area contributed by atoms with E-state index in [2.05, 4.69) is 0 Å². The quantitative estimate of drug-likeness (QED) is 0.567. The first-order valence-corrected chi connectivity index (χ1v) is 11.9. The van der Waals surface area contributed by atoms with Gasteiger partial charge in [-0.2, -0.15) is 13.2 Å². The lowest BCUT2D eigenvalue weighted by Crippen LogP contribution is -2.13. The normalized spacial score (nSPS) is 17.6. The molecule has 1 heterocycles. The summed E-state index contributed by atoms with van der Waals surface area (Å²) in [4.78, 5) is -0.0991. The van der Waals surface area contributed by atoms with E-state index in [0.29, 0.717) is 25.4 Å². The Labute approximate surface area is 174 Å². The first kappa shape index (κ1) is 21.3. The molecular weight excluding hydrogens is 530 g/mol. The summed E-state index contributed by atoms with van der Waals surface area (Å²) in [6.07, 6.45) is -3.21. The van der Waals surface area contributed by atoms with Crippen LogP contribution >= 0.6 is 32.3 Å². The Morgan fingerprint density at radius 1 is 1.14 bits per heavy atom. The second-order valence-corrected chi connectivity index (χ2v) is 10.7. The van der Waals surface area contributed by atoms with E-state index >= 15 is 0 Å². The summed E-state index contributed by atoms with van der Waals surface area (Å²) in [5, 5.41) is 5.39. The van der Waals surface area contributed by atoms with Gasteiger partial charge in [-0.25, -0.2) is 13.6 Å². The molecule has 0 amide bonds. The van der Waals surface area contributed by atoms with Crippen LogP contribution < -0.4 is 9.88 Å². The highest BCUT2D eigenvalue weighted by atomic mass is 127. The Hall–Kier alpha value is -1.43. The Morgan fingerprint density at radius 3 is 2.29 bits per heavy atom. The lowest BCUT2D eigenvalue weighted by Gasteiger charge is -2.15. The fourth-order valence-electron chi connectivity index (χ4n) is 2.72. The molecule has 0 bridgehead atoms. The molecule has 1 unspecified atom stereocenters. The number of allylic oxidation sites excluding steroid dienone is 2. The average molecular weight is 544 g/mol. The molecule has 2 N–H and O–H groups in total. The van der Waals surface area contributed by atoms with Gasteiger partial charge < -0.3 is 4.74 Å². The summed E-state index contributed by atoms with van der Waals surface area (Å²) in [5.41, 5.74) is 1.16. The van der Waals surface area contributed by atoms with E-state index in [4.69, 9.17) is 21.5 Å². The summed E-state index contributed by atoms with van der Waals surface area (Å²) in [6, 6.07) is 10.4. The number of benzene rings is 2. The molecule has 0 aliphatic carbocycles. The number of halogens is 5. The Morgan fingerprint density at radius 2 is 1.79 bits per heavy atom. The van der Waals surface area contributed by atoms with Crippen LogP contribution in [0.15, 0.2) is 57.0 Å². The maximum absolute atomic E-state index is 13.4. The van der Waals surface area contributed by atoms with Crippen LogP contribution in [-0.2, 0) is 10.0 Å². The van der Waals surface area contributed by atoms with Gasteiger partial charge in [-0.3, -0.25) is 0 Å². The highest BCUT2D eigenvalue weighted by molar-refractivity contribution is 14.2. The van der Waals surface area contributed by atoms with Crippen LogP contribution in [0.5, 0.6) is 5.75 Å².